The van der Waals surface area contributed by atoms with Gasteiger partial charge in [0.2, 0.25) is 6.33 Å². The van der Waals surface area contributed by atoms with Crippen LogP contribution in [0.2, 0.25) is 0 Å². The summed E-state index contributed by atoms with van der Waals surface area (Å²) < 4.78 is 9.49. The van der Waals surface area contributed by atoms with Crippen LogP contribution in [0.15, 0.2) is 36.7 Å². The number of aromatic nitrogens is 2. The van der Waals surface area contributed by atoms with Crippen molar-refractivity contribution in [3.63, 3.8) is 0 Å². The number of benzene rings is 1. The molecule has 0 spiro atoms. The summed E-state index contributed by atoms with van der Waals surface area (Å²) in [5.74, 6) is 0.918. The van der Waals surface area contributed by atoms with Gasteiger partial charge in [-0.1, -0.05) is 18.2 Å². The minimum Gasteiger partial charge on any atom is -0.496 e. The van der Waals surface area contributed by atoms with Crippen LogP contribution in [-0.2, 0) is 12.1 Å². The fraction of sp³-hybridized carbons (Fsp3) is 0.400. The lowest BCUT2D eigenvalue weighted by atomic mass is 10.1. The maximum atomic E-state index is 5.36. The average Bonchev–Trinajstić information content (AvgIpc) is 2.78. The quantitative estimate of drug-likeness (QED) is 0.599. The lowest BCUT2D eigenvalue weighted by Gasteiger charge is -2.18. The summed E-state index contributed by atoms with van der Waals surface area (Å²) in [6.07, 6.45) is 7.42. The highest BCUT2D eigenvalue weighted by Gasteiger charge is 2.14. The predicted octanol–water partition coefficient (Wildman–Crippen LogP) is 2.39. The van der Waals surface area contributed by atoms with Gasteiger partial charge in [0.25, 0.3) is 0 Å². The molecule has 0 unspecified atom stereocenters. The monoisotopic (exact) mass is 244 g/mol. The zero-order valence-electron chi connectivity index (χ0n) is 11.5. The number of para-hydroxylation sites is 1. The van der Waals surface area contributed by atoms with E-state index in [1.807, 2.05) is 29.0 Å². The summed E-state index contributed by atoms with van der Waals surface area (Å²) >= 11 is 0. The minimum absolute atomic E-state index is 0.0615. The van der Waals surface area contributed by atoms with Crippen molar-refractivity contribution >= 4 is 0 Å². The van der Waals surface area contributed by atoms with Gasteiger partial charge in [-0.2, -0.15) is 0 Å². The van der Waals surface area contributed by atoms with Crippen LogP contribution in [0.4, 0.5) is 0 Å². The van der Waals surface area contributed by atoms with E-state index in [2.05, 4.69) is 43.9 Å². The van der Waals surface area contributed by atoms with E-state index in [0.717, 1.165) is 17.9 Å². The molecule has 3 heteroatoms. The maximum Gasteiger partial charge on any atom is 0.204 e. The van der Waals surface area contributed by atoms with Crippen LogP contribution in [0.3, 0.4) is 0 Å². The molecule has 0 saturated carbocycles. The van der Waals surface area contributed by atoms with E-state index in [4.69, 9.17) is 4.74 Å². The molecule has 0 aliphatic carbocycles. The normalized spacial score (nSPS) is 11.6. The molecule has 96 valence electrons. The molecule has 0 amide bonds. The lowest BCUT2D eigenvalue weighted by molar-refractivity contribution is -0.692. The lowest BCUT2D eigenvalue weighted by Crippen LogP contribution is -2.34. The predicted molar refractivity (Wildman–Crippen MR) is 70.6 cm³/mol. The van der Waals surface area contributed by atoms with Gasteiger partial charge in [-0.15, -0.1) is 0 Å². The molecule has 0 radical (unpaired) electrons. The Labute approximate surface area is 109 Å². The highest BCUT2D eigenvalue weighted by molar-refractivity contribution is 5.32. The highest BCUT2D eigenvalue weighted by Crippen LogP contribution is 2.17. The number of rotatable bonds is 3. The van der Waals surface area contributed by atoms with Crippen LogP contribution in [-0.4, -0.2) is 11.7 Å². The highest BCUT2D eigenvalue weighted by atomic mass is 16.5. The summed E-state index contributed by atoms with van der Waals surface area (Å²) in [7, 11) is 1.70. The summed E-state index contributed by atoms with van der Waals surface area (Å²) in [6.45, 7) is 7.26. The zero-order chi connectivity index (χ0) is 13.2. The first-order chi connectivity index (χ1) is 8.50. The molecule has 0 aliphatic heterocycles. The molecule has 0 N–H and O–H groups in total. The second-order valence-corrected chi connectivity index (χ2v) is 5.38. The maximum absolute atomic E-state index is 5.36. The smallest absolute Gasteiger partial charge is 0.204 e. The molecule has 1 aromatic heterocycles. The molecule has 1 heterocycles. The van der Waals surface area contributed by atoms with Gasteiger partial charge in [0.05, 0.1) is 19.2 Å². The van der Waals surface area contributed by atoms with E-state index >= 15 is 0 Å². The molecule has 2 aromatic rings. The van der Waals surface area contributed by atoms with Gasteiger partial charge >= 0.3 is 0 Å². The molecule has 0 atom stereocenters. The Morgan fingerprint density at radius 3 is 2.61 bits per heavy atom. The zero-order valence-corrected chi connectivity index (χ0v) is 11.5. The van der Waals surface area contributed by atoms with E-state index < -0.39 is 0 Å². The van der Waals surface area contributed by atoms with Gasteiger partial charge in [0.1, 0.15) is 5.75 Å². The summed E-state index contributed by atoms with van der Waals surface area (Å²) in [4.78, 5) is 0. The number of ether oxygens (including phenoxy) is 1. The molecular formula is C15H20N2O. The van der Waals surface area contributed by atoms with E-state index in [1.165, 1.54) is 0 Å². The molecule has 18 heavy (non-hydrogen) atoms. The second kappa shape index (κ2) is 4.84. The van der Waals surface area contributed by atoms with Crippen molar-refractivity contribution in [1.29, 1.82) is 0 Å². The Morgan fingerprint density at radius 2 is 2.00 bits per heavy atom. The fourth-order valence-electron chi connectivity index (χ4n) is 1.83. The van der Waals surface area contributed by atoms with Crippen LogP contribution in [0.1, 0.15) is 26.3 Å². The first kappa shape index (κ1) is 12.7. The fourth-order valence-corrected chi connectivity index (χ4v) is 1.83. The van der Waals surface area contributed by atoms with E-state index in [0.29, 0.717) is 0 Å². The number of hydrogen-bond donors (Lipinski definition) is 0. The Kier molecular flexibility index (Phi) is 3.41. The standard InChI is InChI=1S/C15H20N2O/c1-15(2,3)17-10-9-16(12-17)11-13-7-5-6-8-14(13)18-4/h5-10H,11H2,1-4H3. The SMILES string of the molecule is COc1ccccc1C[n+]1[c-]n(C(C)(C)C)cc1. The third-order valence-electron chi connectivity index (χ3n) is 2.89. The van der Waals surface area contributed by atoms with Crippen molar-refractivity contribution in [2.75, 3.05) is 7.11 Å². The Bertz CT molecular complexity index is 523. The Hall–Kier alpha value is -1.77. The first-order valence-electron chi connectivity index (χ1n) is 6.13. The van der Waals surface area contributed by atoms with Gasteiger partial charge in [0, 0.05) is 5.56 Å². The van der Waals surface area contributed by atoms with Crippen LogP contribution >= 0.6 is 0 Å². The molecule has 0 bridgehead atoms. The number of nitrogens with zero attached hydrogens (tertiary/aromatic N) is 2. The van der Waals surface area contributed by atoms with Crippen molar-refractivity contribution < 1.29 is 9.30 Å². The van der Waals surface area contributed by atoms with E-state index in [9.17, 15) is 0 Å². The van der Waals surface area contributed by atoms with Gasteiger partial charge < -0.3 is 13.9 Å². The first-order valence-corrected chi connectivity index (χ1v) is 6.13. The summed E-state index contributed by atoms with van der Waals surface area (Å²) in [5, 5.41) is 0. The molecule has 0 aliphatic rings. The van der Waals surface area contributed by atoms with Gasteiger partial charge in [-0.05, 0) is 39.2 Å². The topological polar surface area (TPSA) is 18.0 Å². The Balaban J connectivity index is 2.22. The minimum atomic E-state index is 0.0615. The number of imidazole rings is 1. The van der Waals surface area contributed by atoms with E-state index in [1.54, 1.807) is 7.11 Å². The third-order valence-corrected chi connectivity index (χ3v) is 2.89. The van der Waals surface area contributed by atoms with Crippen LogP contribution in [0, 0.1) is 6.33 Å². The van der Waals surface area contributed by atoms with Crippen LogP contribution in [0.5, 0.6) is 5.75 Å². The second-order valence-electron chi connectivity index (χ2n) is 5.38. The van der Waals surface area contributed by atoms with Crippen LogP contribution < -0.4 is 9.30 Å². The molecule has 0 saturated heterocycles. The molecule has 0 fully saturated rings. The molecule has 3 nitrogen and oxygen atoms in total. The molecular weight excluding hydrogens is 224 g/mol. The number of hydrogen-bond acceptors (Lipinski definition) is 1. The van der Waals surface area contributed by atoms with Crippen molar-refractivity contribution in [3.8, 4) is 5.75 Å². The van der Waals surface area contributed by atoms with E-state index in [-0.39, 0.29) is 5.54 Å². The van der Waals surface area contributed by atoms with Crippen LogP contribution in [0.25, 0.3) is 0 Å². The third kappa shape index (κ3) is 2.73. The van der Waals surface area contributed by atoms with Gasteiger partial charge in [0.15, 0.2) is 0 Å². The molecule has 1 aromatic carbocycles. The number of methoxy groups -OCH3 is 1. The summed E-state index contributed by atoms with van der Waals surface area (Å²) in [5.41, 5.74) is 1.22. The summed E-state index contributed by atoms with van der Waals surface area (Å²) in [6, 6.07) is 8.07. The van der Waals surface area contributed by atoms with Crippen molar-refractivity contribution in [2.24, 2.45) is 0 Å². The van der Waals surface area contributed by atoms with Gasteiger partial charge in [-0.3, -0.25) is 0 Å². The van der Waals surface area contributed by atoms with Crippen molar-refractivity contribution in [1.82, 2.24) is 4.57 Å². The van der Waals surface area contributed by atoms with Gasteiger partial charge in [-0.25, -0.2) is 0 Å². The Morgan fingerprint density at radius 1 is 1.28 bits per heavy atom. The average molecular weight is 244 g/mol. The van der Waals surface area contributed by atoms with Crippen molar-refractivity contribution in [3.05, 3.63) is 48.5 Å². The molecule has 2 rings (SSSR count). The largest absolute Gasteiger partial charge is 0.496 e. The van der Waals surface area contributed by atoms with Crippen molar-refractivity contribution in [2.45, 2.75) is 32.9 Å².